The molecule has 5 heterocycles. The van der Waals surface area contributed by atoms with Crippen molar-refractivity contribution in [2.45, 2.75) is 57.6 Å². The highest BCUT2D eigenvalue weighted by atomic mass is 16.6. The standard InChI is InChI=1S/C27H33N3O3/c1-27(2)16-32-23-13-19(20-6-8-22(28-14-20)17-3-4-17)5-7-21(23)25(27)29-26(31)33-24-15-30-11-9-18(24)10-12-30/h5-8,13-14,17-18,24-25H,3-4,9-12,15-16H2,1-2H3,(H,29,31)/t24-,25?/m0/s1. The molecule has 2 bridgehead atoms. The van der Waals surface area contributed by atoms with Gasteiger partial charge in [-0.2, -0.15) is 0 Å². The highest BCUT2D eigenvalue weighted by Crippen LogP contribution is 2.44. The Bertz CT molecular complexity index is 1040. The highest BCUT2D eigenvalue weighted by molar-refractivity contribution is 5.70. The lowest BCUT2D eigenvalue weighted by Gasteiger charge is -2.44. The second-order valence-corrected chi connectivity index (χ2v) is 10.9. The minimum absolute atomic E-state index is 0.00316. The summed E-state index contributed by atoms with van der Waals surface area (Å²) in [6.45, 7) is 7.92. The van der Waals surface area contributed by atoms with Crippen LogP contribution in [-0.2, 0) is 4.74 Å². The molecule has 1 aromatic heterocycles. The van der Waals surface area contributed by atoms with Crippen molar-refractivity contribution in [3.05, 3.63) is 47.8 Å². The van der Waals surface area contributed by atoms with Crippen molar-refractivity contribution >= 4 is 6.09 Å². The van der Waals surface area contributed by atoms with E-state index in [4.69, 9.17) is 9.47 Å². The number of nitrogens with one attached hydrogen (secondary N) is 1. The maximum absolute atomic E-state index is 12.9. The second-order valence-electron chi connectivity index (χ2n) is 10.9. The average Bonchev–Trinajstić information content (AvgIpc) is 3.67. The minimum atomic E-state index is -0.316. The first-order valence-electron chi connectivity index (χ1n) is 12.4. The maximum atomic E-state index is 12.9. The number of alkyl carbamates (subject to hydrolysis) is 1. The summed E-state index contributed by atoms with van der Waals surface area (Å²) in [5, 5.41) is 3.19. The Balaban J connectivity index is 1.20. The molecule has 33 heavy (non-hydrogen) atoms. The molecule has 1 aromatic carbocycles. The smallest absolute Gasteiger partial charge is 0.407 e. The molecule has 3 saturated heterocycles. The van der Waals surface area contributed by atoms with Gasteiger partial charge in [0.05, 0.1) is 12.6 Å². The Kier molecular flexibility index (Phi) is 5.09. The molecule has 1 N–H and O–H groups in total. The molecule has 5 aliphatic rings. The Morgan fingerprint density at radius 3 is 2.58 bits per heavy atom. The van der Waals surface area contributed by atoms with Crippen LogP contribution in [0.3, 0.4) is 0 Å². The van der Waals surface area contributed by atoms with Crippen molar-refractivity contribution < 1.29 is 14.3 Å². The van der Waals surface area contributed by atoms with Gasteiger partial charge in [-0.1, -0.05) is 32.0 Å². The van der Waals surface area contributed by atoms with Crippen molar-refractivity contribution in [1.82, 2.24) is 15.2 Å². The van der Waals surface area contributed by atoms with Gasteiger partial charge in [0, 0.05) is 40.9 Å². The Hall–Kier alpha value is -2.60. The zero-order chi connectivity index (χ0) is 22.6. The number of fused-ring (bicyclic) bond motifs is 4. The molecule has 174 valence electrons. The third kappa shape index (κ3) is 4.10. The molecular weight excluding hydrogens is 414 g/mol. The van der Waals surface area contributed by atoms with Crippen LogP contribution in [0.15, 0.2) is 36.5 Å². The highest BCUT2D eigenvalue weighted by Gasteiger charge is 2.41. The molecule has 4 aliphatic heterocycles. The fraction of sp³-hybridized carbons (Fsp3) is 0.556. The fourth-order valence-corrected chi connectivity index (χ4v) is 5.65. The molecule has 2 aromatic rings. The number of pyridine rings is 1. The van der Waals surface area contributed by atoms with Crippen LogP contribution >= 0.6 is 0 Å². The normalized spacial score (nSPS) is 29.6. The van der Waals surface area contributed by atoms with E-state index in [1.54, 1.807) is 0 Å². The third-order valence-electron chi connectivity index (χ3n) is 7.94. The predicted molar refractivity (Wildman–Crippen MR) is 126 cm³/mol. The van der Waals surface area contributed by atoms with Crippen molar-refractivity contribution in [1.29, 1.82) is 0 Å². The Labute approximate surface area is 195 Å². The molecule has 6 nitrogen and oxygen atoms in total. The summed E-state index contributed by atoms with van der Waals surface area (Å²) >= 11 is 0. The summed E-state index contributed by atoms with van der Waals surface area (Å²) < 4.78 is 12.1. The van der Waals surface area contributed by atoms with Crippen molar-refractivity contribution in [3.8, 4) is 16.9 Å². The van der Waals surface area contributed by atoms with Gasteiger partial charge in [0.25, 0.3) is 0 Å². The largest absolute Gasteiger partial charge is 0.493 e. The maximum Gasteiger partial charge on any atom is 0.407 e. The summed E-state index contributed by atoms with van der Waals surface area (Å²) in [5.74, 6) is 1.98. The summed E-state index contributed by atoms with van der Waals surface area (Å²) in [6, 6.07) is 10.4. The van der Waals surface area contributed by atoms with Gasteiger partial charge in [-0.05, 0) is 62.4 Å². The van der Waals surface area contributed by atoms with Gasteiger partial charge < -0.3 is 14.8 Å². The lowest BCUT2D eigenvalue weighted by atomic mass is 9.78. The van der Waals surface area contributed by atoms with E-state index in [0.717, 1.165) is 54.9 Å². The van der Waals surface area contributed by atoms with Gasteiger partial charge in [0.15, 0.2) is 0 Å². The first kappa shape index (κ1) is 21.0. The van der Waals surface area contributed by atoms with Crippen LogP contribution in [0, 0.1) is 11.3 Å². The van der Waals surface area contributed by atoms with Crippen LogP contribution in [0.2, 0.25) is 0 Å². The number of rotatable bonds is 4. The SMILES string of the molecule is CC1(C)COc2cc(-c3ccc(C4CC4)nc3)ccc2C1NC(=O)O[C@H]1CN2CCC1CC2. The first-order valence-corrected chi connectivity index (χ1v) is 12.4. The van der Waals surface area contributed by atoms with Gasteiger partial charge in [-0.25, -0.2) is 4.79 Å². The lowest BCUT2D eigenvalue weighted by molar-refractivity contribution is -0.0361. The number of aromatic nitrogens is 1. The number of hydrogen-bond donors (Lipinski definition) is 1. The van der Waals surface area contributed by atoms with E-state index >= 15 is 0 Å². The number of piperidine rings is 3. The monoisotopic (exact) mass is 447 g/mol. The zero-order valence-electron chi connectivity index (χ0n) is 19.5. The van der Waals surface area contributed by atoms with Crippen molar-refractivity contribution in [3.63, 3.8) is 0 Å². The molecule has 7 rings (SSSR count). The van der Waals surface area contributed by atoms with E-state index in [1.165, 1.54) is 18.5 Å². The van der Waals surface area contributed by atoms with Crippen molar-refractivity contribution in [2.75, 3.05) is 26.2 Å². The molecule has 1 aliphatic carbocycles. The van der Waals surface area contributed by atoms with Crippen LogP contribution in [0.25, 0.3) is 11.1 Å². The summed E-state index contributed by atoms with van der Waals surface area (Å²) in [5.41, 5.74) is 4.12. The Morgan fingerprint density at radius 2 is 1.91 bits per heavy atom. The van der Waals surface area contributed by atoms with E-state index in [9.17, 15) is 4.79 Å². The number of nitrogens with zero attached hydrogens (tertiary/aromatic N) is 2. The summed E-state index contributed by atoms with van der Waals surface area (Å²) in [6.07, 6.45) is 6.41. The molecule has 1 amide bonds. The van der Waals surface area contributed by atoms with Crippen LogP contribution in [0.4, 0.5) is 4.79 Å². The number of carbonyl (C=O) groups is 1. The van der Waals surface area contributed by atoms with Gasteiger partial charge >= 0.3 is 6.09 Å². The summed E-state index contributed by atoms with van der Waals surface area (Å²) in [7, 11) is 0. The predicted octanol–water partition coefficient (Wildman–Crippen LogP) is 4.91. The third-order valence-corrected chi connectivity index (χ3v) is 7.94. The van der Waals surface area contributed by atoms with E-state index in [0.29, 0.717) is 18.4 Å². The molecule has 1 unspecified atom stereocenters. The molecular formula is C27H33N3O3. The molecule has 0 radical (unpaired) electrons. The minimum Gasteiger partial charge on any atom is -0.493 e. The molecule has 2 atom stereocenters. The molecule has 6 heteroatoms. The number of carbonyl (C=O) groups excluding carboxylic acids is 1. The number of benzene rings is 1. The van der Waals surface area contributed by atoms with E-state index < -0.39 is 0 Å². The zero-order valence-corrected chi connectivity index (χ0v) is 19.5. The summed E-state index contributed by atoms with van der Waals surface area (Å²) in [4.78, 5) is 20.0. The van der Waals surface area contributed by atoms with E-state index in [1.807, 2.05) is 6.20 Å². The number of ether oxygens (including phenoxy) is 2. The first-order chi connectivity index (χ1) is 16.0. The van der Waals surface area contributed by atoms with Crippen LogP contribution in [0.1, 0.15) is 62.7 Å². The van der Waals surface area contributed by atoms with Gasteiger partial charge in [0.1, 0.15) is 11.9 Å². The van der Waals surface area contributed by atoms with Crippen molar-refractivity contribution in [2.24, 2.45) is 11.3 Å². The van der Waals surface area contributed by atoms with E-state index in [-0.39, 0.29) is 23.7 Å². The number of hydrogen-bond acceptors (Lipinski definition) is 5. The second kappa shape index (κ2) is 8.01. The molecule has 4 fully saturated rings. The van der Waals surface area contributed by atoms with Crippen LogP contribution < -0.4 is 10.1 Å². The Morgan fingerprint density at radius 1 is 1.12 bits per heavy atom. The van der Waals surface area contributed by atoms with Gasteiger partial charge in [-0.3, -0.25) is 9.88 Å². The lowest BCUT2D eigenvalue weighted by Crippen LogP contribution is -2.53. The van der Waals surface area contributed by atoms with Gasteiger partial charge in [0.2, 0.25) is 0 Å². The van der Waals surface area contributed by atoms with Crippen LogP contribution in [-0.4, -0.2) is 48.3 Å². The van der Waals surface area contributed by atoms with Gasteiger partial charge in [-0.15, -0.1) is 0 Å². The quantitative estimate of drug-likeness (QED) is 0.722. The van der Waals surface area contributed by atoms with E-state index in [2.05, 4.69) is 59.4 Å². The topological polar surface area (TPSA) is 63.7 Å². The average molecular weight is 448 g/mol. The fourth-order valence-electron chi connectivity index (χ4n) is 5.65. The molecule has 0 spiro atoms. The van der Waals surface area contributed by atoms with Crippen LogP contribution in [0.5, 0.6) is 5.75 Å². The molecule has 1 saturated carbocycles. The number of amides is 1.